The first-order chi connectivity index (χ1) is 37.8. The molecule has 0 N–H and O–H groups in total. The molecule has 0 saturated carbocycles. The maximum atomic E-state index is 7.52. The van der Waals surface area contributed by atoms with E-state index in [0.717, 1.165) is 11.2 Å². The Balaban J connectivity index is 1.46. The third-order valence-electron chi connectivity index (χ3n) is 23.5. The van der Waals surface area contributed by atoms with Crippen LogP contribution in [0, 0.1) is 0 Å². The van der Waals surface area contributed by atoms with E-state index in [1.165, 1.54) is 262 Å². The van der Waals surface area contributed by atoms with Gasteiger partial charge in [0, 0.05) is 10.8 Å². The van der Waals surface area contributed by atoms with Crippen molar-refractivity contribution in [2.75, 3.05) is 0 Å². The molecule has 0 fully saturated rings. The van der Waals surface area contributed by atoms with Crippen molar-refractivity contribution in [3.8, 4) is 33.4 Å². The van der Waals surface area contributed by atoms with E-state index in [2.05, 4.69) is 235 Å². The Bertz CT molecular complexity index is 4850. The molecule has 81 heavy (non-hydrogen) atoms. The lowest BCUT2D eigenvalue weighted by Gasteiger charge is -2.33. The molecule has 0 aliphatic carbocycles. The van der Waals surface area contributed by atoms with Gasteiger partial charge >= 0.3 is 0 Å². The van der Waals surface area contributed by atoms with Crippen LogP contribution in [-0.4, -0.2) is 235 Å². The van der Waals surface area contributed by atoms with Gasteiger partial charge in [-0.05, 0) is 92.7 Å². The number of benzene rings is 10. The standard InChI is InChI=1S/C50H60B30O/c51-19-13(30(62)31(63)16-14(19)32(64)43(75)45(77)34(16)66)11-10-9(28(60)41(73)42(74)29(10)61)7(21(53)22(11)54)1-3-5(25(57)39(71)37(69)23(3)55)2(6-4(1)24(56)38(70)40(72)26(6)58)8-12-18-20(52)15-17(35(67)46(78)44(76)33(15)65)36(68)50(18)81-49(12)48(80)47(79)27(8)59/h51-80H2. The molecule has 1 heterocycles. The SMILES string of the molecule is Bc1c(B)c(-c2c3c(B)c(B)c(B)c(B)c3c(-c3c(B)c(B)c(-c4c(B)c(B)c5c(B)c(B)c(B)c(B)c5c4B)c4c(B)c(B)c(B)c(B)c34)c3c(B)c(B)c(B)c(B)c23)c2c(oc3c(B)c4c(B)c(B)c(B)c(B)c4c(B)c32)c1B. The highest BCUT2D eigenvalue weighted by Crippen LogP contribution is 2.44. The first kappa shape index (κ1) is 58.0. The van der Waals surface area contributed by atoms with Crippen molar-refractivity contribution in [2.45, 2.75) is 0 Å². The predicted molar refractivity (Wildman–Crippen MR) is 463 cm³/mol. The van der Waals surface area contributed by atoms with Crippen LogP contribution in [0.15, 0.2) is 4.42 Å². The van der Waals surface area contributed by atoms with Crippen LogP contribution < -0.4 is 164 Å². The van der Waals surface area contributed by atoms with Gasteiger partial charge in [-0.2, -0.15) is 0 Å². The zero-order valence-electron chi connectivity index (χ0n) is 55.4. The Hall–Kier alpha value is -4.75. The lowest BCUT2D eigenvalue weighted by atomic mass is 9.55. The Morgan fingerprint density at radius 2 is 0.309 bits per heavy atom. The largest absolute Gasteiger partial charge is 0.457 e. The quantitative estimate of drug-likeness (QED) is 0.127. The minimum atomic E-state index is 1.02. The minimum Gasteiger partial charge on any atom is -0.457 e. The summed E-state index contributed by atoms with van der Waals surface area (Å²) in [6, 6.07) is 0. The van der Waals surface area contributed by atoms with Crippen LogP contribution in [0.1, 0.15) is 0 Å². The number of furan rings is 1. The fourth-order valence-electron chi connectivity index (χ4n) is 16.5. The zero-order valence-corrected chi connectivity index (χ0v) is 55.4. The van der Waals surface area contributed by atoms with Gasteiger partial charge in [0.25, 0.3) is 0 Å². The van der Waals surface area contributed by atoms with E-state index in [0.29, 0.717) is 0 Å². The molecule has 11 rings (SSSR count). The van der Waals surface area contributed by atoms with Crippen LogP contribution in [0.25, 0.3) is 109 Å². The van der Waals surface area contributed by atoms with Crippen LogP contribution in [0.2, 0.25) is 0 Å². The molecule has 1 nitrogen and oxygen atoms in total. The molecule has 0 aliphatic heterocycles. The van der Waals surface area contributed by atoms with Gasteiger partial charge in [0.15, 0.2) is 0 Å². The summed E-state index contributed by atoms with van der Waals surface area (Å²) >= 11 is 0. The van der Waals surface area contributed by atoms with Gasteiger partial charge < -0.3 is 4.42 Å². The van der Waals surface area contributed by atoms with Crippen LogP contribution >= 0.6 is 0 Å². The van der Waals surface area contributed by atoms with Gasteiger partial charge in [-0.3, -0.25) is 0 Å². The summed E-state index contributed by atoms with van der Waals surface area (Å²) in [6.45, 7) is 0. The monoisotopic (exact) mass is 1010 g/mol. The average molecular weight is 1000 g/mol. The lowest BCUT2D eigenvalue weighted by molar-refractivity contribution is 0.675. The highest BCUT2D eigenvalue weighted by molar-refractivity contribution is 6.78. The molecule has 11 aromatic rings. The first-order valence-electron chi connectivity index (χ1n) is 30.2. The van der Waals surface area contributed by atoms with E-state index >= 15 is 0 Å². The summed E-state index contributed by atoms with van der Waals surface area (Å²) in [5.41, 5.74) is 51.3. The Labute approximate surface area is 509 Å². The third kappa shape index (κ3) is 7.30. The van der Waals surface area contributed by atoms with Crippen molar-refractivity contribution in [3.05, 3.63) is 0 Å². The molecule has 0 atom stereocenters. The highest BCUT2D eigenvalue weighted by Gasteiger charge is 2.33. The number of hydrogen-bond donors (Lipinski definition) is 0. The smallest absolute Gasteiger partial charge is 0.145 e. The van der Waals surface area contributed by atoms with Crippen molar-refractivity contribution in [1.82, 2.24) is 0 Å². The van der Waals surface area contributed by atoms with Gasteiger partial charge in [-0.25, -0.2) is 0 Å². The number of hydrogen-bond acceptors (Lipinski definition) is 1. The van der Waals surface area contributed by atoms with Gasteiger partial charge in [0.2, 0.25) is 0 Å². The van der Waals surface area contributed by atoms with E-state index in [1.807, 2.05) is 0 Å². The van der Waals surface area contributed by atoms with Gasteiger partial charge in [0.1, 0.15) is 247 Å². The number of fused-ring (bicyclic) bond motifs is 8. The summed E-state index contributed by atoms with van der Waals surface area (Å²) < 4.78 is 7.52. The second-order valence-corrected chi connectivity index (χ2v) is 26.3. The molecule has 0 spiro atoms. The maximum Gasteiger partial charge on any atom is 0.145 e. The van der Waals surface area contributed by atoms with Gasteiger partial charge in [-0.15, -0.1) is 54.6 Å². The van der Waals surface area contributed by atoms with E-state index in [1.54, 1.807) is 0 Å². The van der Waals surface area contributed by atoms with Crippen molar-refractivity contribution in [3.63, 3.8) is 0 Å². The van der Waals surface area contributed by atoms with Crippen LogP contribution in [-0.2, 0) is 0 Å². The van der Waals surface area contributed by atoms with Gasteiger partial charge in [-0.1, -0.05) is 104 Å². The average Bonchev–Trinajstić information content (AvgIpc) is 4.06. The van der Waals surface area contributed by atoms with E-state index in [4.69, 9.17) is 4.42 Å². The van der Waals surface area contributed by atoms with E-state index in [9.17, 15) is 0 Å². The molecule has 356 valence electrons. The normalized spacial score (nSPS) is 12.0. The third-order valence-corrected chi connectivity index (χ3v) is 23.5. The van der Waals surface area contributed by atoms with E-state index in [-0.39, 0.29) is 0 Å². The topological polar surface area (TPSA) is 13.1 Å². The van der Waals surface area contributed by atoms with Gasteiger partial charge in [0.05, 0.1) is 0 Å². The molecular weight excluding hydrogens is 941 g/mol. The summed E-state index contributed by atoms with van der Waals surface area (Å²) in [5, 5.41) is 16.4. The molecule has 10 aromatic carbocycles. The molecule has 31 heteroatoms. The van der Waals surface area contributed by atoms with Crippen molar-refractivity contribution in [2.24, 2.45) is 0 Å². The second-order valence-electron chi connectivity index (χ2n) is 26.3. The van der Waals surface area contributed by atoms with E-state index < -0.39 is 0 Å². The molecule has 0 unspecified atom stereocenters. The zero-order chi connectivity index (χ0) is 59.6. The fraction of sp³-hybridized carbons (Fsp3) is 0. The van der Waals surface area contributed by atoms with Crippen LogP contribution in [0.4, 0.5) is 0 Å². The Kier molecular flexibility index (Phi) is 13.9. The second kappa shape index (κ2) is 19.4. The van der Waals surface area contributed by atoms with Crippen molar-refractivity contribution >= 4 is 475 Å². The van der Waals surface area contributed by atoms with Crippen molar-refractivity contribution in [1.29, 1.82) is 0 Å². The van der Waals surface area contributed by atoms with Crippen molar-refractivity contribution < 1.29 is 4.42 Å². The van der Waals surface area contributed by atoms with Crippen LogP contribution in [0.5, 0.6) is 0 Å². The molecule has 0 bridgehead atoms. The molecule has 0 amide bonds. The predicted octanol–water partition coefficient (Wildman–Crippen LogP) is -37.9. The highest BCUT2D eigenvalue weighted by atomic mass is 16.3. The summed E-state index contributed by atoms with van der Waals surface area (Å²) in [4.78, 5) is 0. The Morgan fingerprint density at radius 1 is 0.111 bits per heavy atom. The lowest BCUT2D eigenvalue weighted by Crippen LogP contribution is -2.53. The molecule has 0 aliphatic rings. The Morgan fingerprint density at radius 3 is 0.654 bits per heavy atom. The first-order valence-corrected chi connectivity index (χ1v) is 30.2. The summed E-state index contributed by atoms with van der Waals surface area (Å²) in [5.74, 6) is 0. The molecular formula is C50H60B30O. The van der Waals surface area contributed by atoms with Crippen LogP contribution in [0.3, 0.4) is 0 Å². The minimum absolute atomic E-state index is 1.02. The maximum absolute atomic E-state index is 7.52. The molecule has 0 saturated heterocycles. The summed E-state index contributed by atoms with van der Waals surface area (Å²) in [6.07, 6.45) is 0. The number of rotatable bonds is 3. The molecule has 1 aromatic heterocycles. The fourth-order valence-corrected chi connectivity index (χ4v) is 16.5. The summed E-state index contributed by atoms with van der Waals surface area (Å²) in [7, 11) is 71.6. The molecule has 0 radical (unpaired) electrons.